The molecule has 0 radical (unpaired) electrons. The molecule has 20 heavy (non-hydrogen) atoms. The number of aliphatic hydroxyl groups excluding tert-OH is 1. The lowest BCUT2D eigenvalue weighted by molar-refractivity contribution is 0.0916. The quantitative estimate of drug-likeness (QED) is 0.910. The van der Waals surface area contributed by atoms with Crippen molar-refractivity contribution < 1.29 is 14.3 Å². The third kappa shape index (κ3) is 3.35. The maximum atomic E-state index is 13.2. The van der Waals surface area contributed by atoms with Crippen LogP contribution in [0.3, 0.4) is 0 Å². The molecule has 2 N–H and O–H groups in total. The van der Waals surface area contributed by atoms with E-state index in [1.54, 1.807) is 24.3 Å². The van der Waals surface area contributed by atoms with Gasteiger partial charge in [0, 0.05) is 6.54 Å². The number of hydrogen-bond acceptors (Lipinski definition) is 2. The summed E-state index contributed by atoms with van der Waals surface area (Å²) in [6.07, 6.45) is -0.826. The number of nitrogens with one attached hydrogen (secondary N) is 1. The topological polar surface area (TPSA) is 49.3 Å². The lowest BCUT2D eigenvalue weighted by Gasteiger charge is -2.12. The van der Waals surface area contributed by atoms with E-state index in [4.69, 9.17) is 11.6 Å². The Bertz CT molecular complexity index is 604. The standard InChI is InChI=1S/C15H13ClFNO2/c16-14-11(7-4-8-12(14)17)15(20)18-9-13(19)10-5-2-1-3-6-10/h1-8,13,19H,9H2,(H,18,20). The highest BCUT2D eigenvalue weighted by molar-refractivity contribution is 6.34. The molecule has 0 heterocycles. The summed E-state index contributed by atoms with van der Waals surface area (Å²) in [5.74, 6) is -1.17. The average molecular weight is 294 g/mol. The Kier molecular flexibility index (Phi) is 4.71. The Labute approximate surface area is 121 Å². The number of benzene rings is 2. The van der Waals surface area contributed by atoms with Gasteiger partial charge in [-0.3, -0.25) is 4.79 Å². The van der Waals surface area contributed by atoms with Gasteiger partial charge in [0.1, 0.15) is 5.82 Å². The molecule has 0 aliphatic rings. The molecule has 2 aromatic rings. The zero-order valence-electron chi connectivity index (χ0n) is 10.5. The molecule has 1 unspecified atom stereocenters. The summed E-state index contributed by atoms with van der Waals surface area (Å²) >= 11 is 5.72. The van der Waals surface area contributed by atoms with Crippen molar-refractivity contribution in [2.24, 2.45) is 0 Å². The van der Waals surface area contributed by atoms with Gasteiger partial charge in [-0.2, -0.15) is 0 Å². The molecular weight excluding hydrogens is 281 g/mol. The molecule has 5 heteroatoms. The van der Waals surface area contributed by atoms with Crippen molar-refractivity contribution in [3.63, 3.8) is 0 Å². The van der Waals surface area contributed by atoms with Crippen LogP contribution in [-0.4, -0.2) is 17.6 Å². The molecule has 2 rings (SSSR count). The van der Waals surface area contributed by atoms with Gasteiger partial charge < -0.3 is 10.4 Å². The molecule has 0 saturated carbocycles. The van der Waals surface area contributed by atoms with Gasteiger partial charge in [-0.25, -0.2) is 4.39 Å². The number of aliphatic hydroxyl groups is 1. The highest BCUT2D eigenvalue weighted by Crippen LogP contribution is 2.19. The van der Waals surface area contributed by atoms with E-state index in [-0.39, 0.29) is 17.1 Å². The number of rotatable bonds is 4. The summed E-state index contributed by atoms with van der Waals surface area (Å²) in [7, 11) is 0. The third-order valence-electron chi connectivity index (χ3n) is 2.84. The average Bonchev–Trinajstić information content (AvgIpc) is 2.48. The van der Waals surface area contributed by atoms with Crippen LogP contribution in [-0.2, 0) is 0 Å². The number of hydrogen-bond donors (Lipinski definition) is 2. The second-order valence-corrected chi connectivity index (χ2v) is 4.62. The maximum Gasteiger partial charge on any atom is 0.253 e. The molecule has 104 valence electrons. The predicted molar refractivity (Wildman–Crippen MR) is 75.1 cm³/mol. The zero-order chi connectivity index (χ0) is 14.5. The minimum Gasteiger partial charge on any atom is -0.387 e. The van der Waals surface area contributed by atoms with Crippen molar-refractivity contribution in [1.82, 2.24) is 5.32 Å². The second-order valence-electron chi connectivity index (χ2n) is 4.24. The van der Waals surface area contributed by atoms with Crippen LogP contribution in [0.1, 0.15) is 22.0 Å². The first-order valence-electron chi connectivity index (χ1n) is 6.05. The smallest absolute Gasteiger partial charge is 0.253 e. The second kappa shape index (κ2) is 6.50. The Balaban J connectivity index is 2.01. The van der Waals surface area contributed by atoms with Gasteiger partial charge in [-0.1, -0.05) is 48.0 Å². The number of amides is 1. The lowest BCUT2D eigenvalue weighted by atomic mass is 10.1. The van der Waals surface area contributed by atoms with Gasteiger partial charge in [0.2, 0.25) is 0 Å². The Morgan fingerprint density at radius 2 is 1.90 bits per heavy atom. The molecule has 0 spiro atoms. The molecule has 0 aromatic heterocycles. The first kappa shape index (κ1) is 14.5. The molecule has 3 nitrogen and oxygen atoms in total. The minimum atomic E-state index is -0.826. The van der Waals surface area contributed by atoms with E-state index in [2.05, 4.69) is 5.32 Å². The number of halogens is 2. The van der Waals surface area contributed by atoms with E-state index >= 15 is 0 Å². The van der Waals surface area contributed by atoms with Crippen molar-refractivity contribution in [3.8, 4) is 0 Å². The fourth-order valence-electron chi connectivity index (χ4n) is 1.76. The normalized spacial score (nSPS) is 11.9. The molecule has 0 aliphatic heterocycles. The van der Waals surface area contributed by atoms with Crippen LogP contribution in [0, 0.1) is 5.82 Å². The fourth-order valence-corrected chi connectivity index (χ4v) is 1.97. The van der Waals surface area contributed by atoms with E-state index < -0.39 is 17.8 Å². The van der Waals surface area contributed by atoms with Gasteiger partial charge in [-0.15, -0.1) is 0 Å². The van der Waals surface area contributed by atoms with Crippen LogP contribution in [0.15, 0.2) is 48.5 Å². The van der Waals surface area contributed by atoms with E-state index in [1.807, 2.05) is 6.07 Å². The van der Waals surface area contributed by atoms with Crippen molar-refractivity contribution in [3.05, 3.63) is 70.5 Å². The largest absolute Gasteiger partial charge is 0.387 e. The van der Waals surface area contributed by atoms with E-state index in [0.717, 1.165) is 0 Å². The van der Waals surface area contributed by atoms with Crippen LogP contribution in [0.2, 0.25) is 5.02 Å². The van der Waals surface area contributed by atoms with Gasteiger partial charge in [0.05, 0.1) is 16.7 Å². The number of carbonyl (C=O) groups is 1. The van der Waals surface area contributed by atoms with Crippen molar-refractivity contribution >= 4 is 17.5 Å². The van der Waals surface area contributed by atoms with Crippen LogP contribution >= 0.6 is 11.6 Å². The highest BCUT2D eigenvalue weighted by atomic mass is 35.5. The summed E-state index contributed by atoms with van der Waals surface area (Å²) in [6.45, 7) is 0.0235. The SMILES string of the molecule is O=C(NCC(O)c1ccccc1)c1cccc(F)c1Cl. The fraction of sp³-hybridized carbons (Fsp3) is 0.133. The first-order valence-corrected chi connectivity index (χ1v) is 6.42. The maximum absolute atomic E-state index is 13.2. The Morgan fingerprint density at radius 1 is 1.20 bits per heavy atom. The summed E-state index contributed by atoms with van der Waals surface area (Å²) in [5.41, 5.74) is 0.741. The Morgan fingerprint density at radius 3 is 2.60 bits per heavy atom. The first-order chi connectivity index (χ1) is 9.59. The van der Waals surface area contributed by atoms with Crippen LogP contribution in [0.5, 0.6) is 0 Å². The molecule has 1 amide bonds. The van der Waals surface area contributed by atoms with Crippen LogP contribution in [0.4, 0.5) is 4.39 Å². The summed E-state index contributed by atoms with van der Waals surface area (Å²) in [6, 6.07) is 12.9. The van der Waals surface area contributed by atoms with Crippen LogP contribution in [0.25, 0.3) is 0 Å². The van der Waals surface area contributed by atoms with Crippen molar-refractivity contribution in [2.45, 2.75) is 6.10 Å². The van der Waals surface area contributed by atoms with Gasteiger partial charge in [0.15, 0.2) is 0 Å². The predicted octanol–water partition coefficient (Wildman–Crippen LogP) is 2.94. The lowest BCUT2D eigenvalue weighted by Crippen LogP contribution is -2.28. The van der Waals surface area contributed by atoms with Crippen molar-refractivity contribution in [2.75, 3.05) is 6.54 Å². The zero-order valence-corrected chi connectivity index (χ0v) is 11.3. The van der Waals surface area contributed by atoms with Gasteiger partial charge in [0.25, 0.3) is 5.91 Å². The molecule has 0 saturated heterocycles. The Hall–Kier alpha value is -1.91. The van der Waals surface area contributed by atoms with E-state index in [1.165, 1.54) is 18.2 Å². The van der Waals surface area contributed by atoms with Gasteiger partial charge >= 0.3 is 0 Å². The molecular formula is C15H13ClFNO2. The van der Waals surface area contributed by atoms with Gasteiger partial charge in [-0.05, 0) is 17.7 Å². The van der Waals surface area contributed by atoms with Crippen LogP contribution < -0.4 is 5.32 Å². The molecule has 0 fully saturated rings. The monoisotopic (exact) mass is 293 g/mol. The molecule has 0 aliphatic carbocycles. The summed E-state index contributed by atoms with van der Waals surface area (Å²) < 4.78 is 13.2. The van der Waals surface area contributed by atoms with E-state index in [0.29, 0.717) is 5.56 Å². The molecule has 0 bridgehead atoms. The highest BCUT2D eigenvalue weighted by Gasteiger charge is 2.15. The summed E-state index contributed by atoms with van der Waals surface area (Å²) in [5, 5.41) is 12.2. The minimum absolute atomic E-state index is 0.0235. The molecule has 1 atom stereocenters. The third-order valence-corrected chi connectivity index (χ3v) is 3.22. The summed E-state index contributed by atoms with van der Waals surface area (Å²) in [4.78, 5) is 11.9. The molecule has 2 aromatic carbocycles. The number of carbonyl (C=O) groups excluding carboxylic acids is 1. The van der Waals surface area contributed by atoms with E-state index in [9.17, 15) is 14.3 Å². The van der Waals surface area contributed by atoms with Crippen molar-refractivity contribution in [1.29, 1.82) is 0 Å².